The molecule has 0 bridgehead atoms. The zero-order chi connectivity index (χ0) is 17.9. The van der Waals surface area contributed by atoms with Gasteiger partial charge in [0.2, 0.25) is 10.0 Å². The number of furan rings is 1. The highest BCUT2D eigenvalue weighted by atomic mass is 35.5. The first-order valence-electron chi connectivity index (χ1n) is 8.19. The summed E-state index contributed by atoms with van der Waals surface area (Å²) in [4.78, 5) is 2.17. The van der Waals surface area contributed by atoms with Crippen molar-refractivity contribution < 1.29 is 17.2 Å². The Labute approximate surface area is 151 Å². The maximum atomic E-state index is 13.3. The number of rotatable bonds is 6. The quantitative estimate of drug-likeness (QED) is 0.824. The lowest BCUT2D eigenvalue weighted by atomic mass is 10.1. The Bertz CT molecular complexity index is 805. The van der Waals surface area contributed by atoms with Gasteiger partial charge in [-0.25, -0.2) is 17.5 Å². The molecule has 0 radical (unpaired) electrons. The normalized spacial score (nSPS) is 17.5. The van der Waals surface area contributed by atoms with Crippen molar-refractivity contribution in [1.82, 2.24) is 9.62 Å². The smallest absolute Gasteiger partial charge is 0.240 e. The number of likely N-dealkylation sites (tertiary alicyclic amines) is 1. The summed E-state index contributed by atoms with van der Waals surface area (Å²) in [7, 11) is -3.79. The minimum atomic E-state index is -3.79. The van der Waals surface area contributed by atoms with Crippen molar-refractivity contribution in [2.75, 3.05) is 19.6 Å². The third-order valence-corrected chi connectivity index (χ3v) is 6.08. The van der Waals surface area contributed by atoms with E-state index in [1.165, 1.54) is 12.5 Å². The van der Waals surface area contributed by atoms with Crippen LogP contribution in [0.2, 0.25) is 5.02 Å². The number of piperidine rings is 1. The van der Waals surface area contributed by atoms with Gasteiger partial charge in [0, 0.05) is 6.54 Å². The molecule has 2 heterocycles. The van der Waals surface area contributed by atoms with E-state index in [0.29, 0.717) is 0 Å². The fourth-order valence-electron chi connectivity index (χ4n) is 3.04. The highest BCUT2D eigenvalue weighted by Crippen LogP contribution is 2.25. The second-order valence-corrected chi connectivity index (χ2v) is 8.23. The van der Waals surface area contributed by atoms with Crippen molar-refractivity contribution in [1.29, 1.82) is 0 Å². The van der Waals surface area contributed by atoms with Crippen LogP contribution in [0.4, 0.5) is 4.39 Å². The Morgan fingerprint density at radius 2 is 2.00 bits per heavy atom. The number of nitrogens with one attached hydrogen (secondary N) is 1. The maximum absolute atomic E-state index is 13.3. The zero-order valence-corrected chi connectivity index (χ0v) is 15.2. The largest absolute Gasteiger partial charge is 0.468 e. The molecule has 1 aliphatic rings. The molecule has 0 amide bonds. The van der Waals surface area contributed by atoms with Crippen molar-refractivity contribution in [2.45, 2.75) is 30.2 Å². The van der Waals surface area contributed by atoms with Gasteiger partial charge in [0.1, 0.15) is 11.6 Å². The van der Waals surface area contributed by atoms with Crippen LogP contribution in [0.1, 0.15) is 31.1 Å². The molecule has 1 aromatic heterocycles. The molecule has 25 heavy (non-hydrogen) atoms. The molecule has 136 valence electrons. The number of sulfonamides is 1. The summed E-state index contributed by atoms with van der Waals surface area (Å²) in [6, 6.07) is 6.82. The van der Waals surface area contributed by atoms with Crippen molar-refractivity contribution in [3.63, 3.8) is 0 Å². The summed E-state index contributed by atoms with van der Waals surface area (Å²) >= 11 is 5.70. The molecule has 0 spiro atoms. The Balaban J connectivity index is 1.76. The fourth-order valence-corrected chi connectivity index (χ4v) is 4.35. The third kappa shape index (κ3) is 4.41. The molecule has 0 saturated carbocycles. The van der Waals surface area contributed by atoms with Gasteiger partial charge in [-0.1, -0.05) is 18.0 Å². The van der Waals surface area contributed by atoms with Crippen LogP contribution >= 0.6 is 11.6 Å². The van der Waals surface area contributed by atoms with Gasteiger partial charge < -0.3 is 4.42 Å². The summed E-state index contributed by atoms with van der Waals surface area (Å²) < 4.78 is 46.4. The van der Waals surface area contributed by atoms with Crippen LogP contribution in [0.25, 0.3) is 0 Å². The summed E-state index contributed by atoms with van der Waals surface area (Å²) in [5.41, 5.74) is 0. The third-order valence-electron chi connectivity index (χ3n) is 4.37. The molecule has 1 N–H and O–H groups in total. The Morgan fingerprint density at radius 1 is 1.24 bits per heavy atom. The van der Waals surface area contributed by atoms with Gasteiger partial charge in [-0.3, -0.25) is 4.90 Å². The molecular weight excluding hydrogens is 367 g/mol. The number of benzene rings is 1. The van der Waals surface area contributed by atoms with E-state index in [-0.39, 0.29) is 22.5 Å². The Hall–Kier alpha value is -1.41. The van der Waals surface area contributed by atoms with E-state index >= 15 is 0 Å². The topological polar surface area (TPSA) is 62.6 Å². The van der Waals surface area contributed by atoms with Gasteiger partial charge in [-0.2, -0.15) is 0 Å². The molecule has 3 rings (SSSR count). The molecule has 8 heteroatoms. The molecule has 5 nitrogen and oxygen atoms in total. The predicted molar refractivity (Wildman–Crippen MR) is 93.5 cm³/mol. The minimum absolute atomic E-state index is 0.0595. The van der Waals surface area contributed by atoms with Gasteiger partial charge in [0.25, 0.3) is 0 Å². The van der Waals surface area contributed by atoms with Gasteiger partial charge in [0.15, 0.2) is 0 Å². The van der Waals surface area contributed by atoms with Crippen LogP contribution < -0.4 is 4.72 Å². The number of nitrogens with zero attached hydrogens (tertiary/aromatic N) is 1. The molecule has 1 atom stereocenters. The van der Waals surface area contributed by atoms with E-state index in [1.807, 2.05) is 6.07 Å². The number of hydrogen-bond donors (Lipinski definition) is 1. The van der Waals surface area contributed by atoms with Gasteiger partial charge >= 0.3 is 0 Å². The van der Waals surface area contributed by atoms with Crippen LogP contribution in [0, 0.1) is 5.82 Å². The van der Waals surface area contributed by atoms with E-state index in [4.69, 9.17) is 16.0 Å². The van der Waals surface area contributed by atoms with Gasteiger partial charge in [0.05, 0.1) is 22.2 Å². The maximum Gasteiger partial charge on any atom is 0.240 e. The second kappa shape index (κ2) is 7.86. The van der Waals surface area contributed by atoms with Gasteiger partial charge in [-0.15, -0.1) is 0 Å². The first-order chi connectivity index (χ1) is 12.0. The van der Waals surface area contributed by atoms with Crippen molar-refractivity contribution >= 4 is 21.6 Å². The molecule has 0 aliphatic carbocycles. The molecule has 1 fully saturated rings. The van der Waals surface area contributed by atoms with Crippen molar-refractivity contribution in [3.8, 4) is 0 Å². The lowest BCUT2D eigenvalue weighted by Gasteiger charge is -2.33. The number of hydrogen-bond acceptors (Lipinski definition) is 4. The fraction of sp³-hybridized carbons (Fsp3) is 0.412. The lowest BCUT2D eigenvalue weighted by molar-refractivity contribution is 0.147. The first-order valence-corrected chi connectivity index (χ1v) is 10.1. The van der Waals surface area contributed by atoms with Crippen LogP contribution in [0.15, 0.2) is 45.9 Å². The van der Waals surface area contributed by atoms with E-state index < -0.39 is 15.8 Å². The molecular formula is C17H20ClFN2O3S. The summed E-state index contributed by atoms with van der Waals surface area (Å²) in [5.74, 6) is 0.0733. The average Bonchev–Trinajstić information content (AvgIpc) is 3.12. The monoisotopic (exact) mass is 386 g/mol. The standard InChI is InChI=1S/C17H20ClFN2O3S/c18-14-11-13(6-7-15(14)19)25(22,23)20-12-16(17-5-4-10-24-17)21-8-2-1-3-9-21/h4-7,10-11,16,20H,1-3,8-9,12H2. The minimum Gasteiger partial charge on any atom is -0.468 e. The lowest BCUT2D eigenvalue weighted by Crippen LogP contribution is -2.40. The predicted octanol–water partition coefficient (Wildman–Crippen LogP) is 3.58. The molecule has 1 saturated heterocycles. The van der Waals surface area contributed by atoms with Crippen LogP contribution in [0.3, 0.4) is 0 Å². The highest BCUT2D eigenvalue weighted by Gasteiger charge is 2.26. The second-order valence-electron chi connectivity index (χ2n) is 6.06. The molecule has 1 aromatic carbocycles. The van der Waals surface area contributed by atoms with Crippen LogP contribution in [-0.2, 0) is 10.0 Å². The number of halogens is 2. The Morgan fingerprint density at radius 3 is 2.64 bits per heavy atom. The summed E-state index contributed by atoms with van der Waals surface area (Å²) in [6.07, 6.45) is 4.93. The van der Waals surface area contributed by atoms with Crippen LogP contribution in [0.5, 0.6) is 0 Å². The van der Waals surface area contributed by atoms with Crippen molar-refractivity contribution in [2.24, 2.45) is 0 Å². The summed E-state index contributed by atoms with van der Waals surface area (Å²) in [6.45, 7) is 1.97. The van der Waals surface area contributed by atoms with E-state index in [2.05, 4.69) is 9.62 Å². The first kappa shape index (κ1) is 18.4. The zero-order valence-electron chi connectivity index (χ0n) is 13.6. The molecule has 1 unspecified atom stereocenters. The summed E-state index contributed by atoms with van der Waals surface area (Å²) in [5, 5.41) is -0.221. The van der Waals surface area contributed by atoms with Crippen LogP contribution in [-0.4, -0.2) is 33.0 Å². The van der Waals surface area contributed by atoms with E-state index in [1.54, 1.807) is 12.3 Å². The molecule has 1 aliphatic heterocycles. The SMILES string of the molecule is O=S(=O)(NCC(c1ccco1)N1CCCCC1)c1ccc(F)c(Cl)c1. The highest BCUT2D eigenvalue weighted by molar-refractivity contribution is 7.89. The van der Waals surface area contributed by atoms with Crippen molar-refractivity contribution in [3.05, 3.63) is 53.2 Å². The average molecular weight is 387 g/mol. The van der Waals surface area contributed by atoms with Gasteiger partial charge in [-0.05, 0) is 56.3 Å². The van der Waals surface area contributed by atoms with E-state index in [0.717, 1.165) is 43.8 Å². The Kier molecular flexibility index (Phi) is 5.78. The molecule has 2 aromatic rings. The van der Waals surface area contributed by atoms with E-state index in [9.17, 15) is 12.8 Å².